The Hall–Kier alpha value is -0.650. The fraction of sp³-hybridized carbons (Fsp3) is 0.0833. The Labute approximate surface area is 125 Å². The summed E-state index contributed by atoms with van der Waals surface area (Å²) in [6.07, 6.45) is 1.61. The molecule has 0 amide bonds. The van der Waals surface area contributed by atoms with E-state index in [-0.39, 0.29) is 12.1 Å². The zero-order valence-electron chi connectivity index (χ0n) is 8.96. The first kappa shape index (κ1) is 13.8. The van der Waals surface area contributed by atoms with Gasteiger partial charge in [-0.1, -0.05) is 17.7 Å². The molecule has 0 aliphatic heterocycles. The highest BCUT2D eigenvalue weighted by atomic mass is 79.9. The van der Waals surface area contributed by atoms with E-state index in [0.717, 1.165) is 4.47 Å². The summed E-state index contributed by atoms with van der Waals surface area (Å²) in [5.74, 6) is -0.425. The molecule has 0 bridgehead atoms. The van der Waals surface area contributed by atoms with Crippen molar-refractivity contribution in [3.63, 3.8) is 0 Å². The zero-order chi connectivity index (χ0) is 13.3. The van der Waals surface area contributed by atoms with Gasteiger partial charge in [0.2, 0.25) is 0 Å². The molecule has 0 aliphatic rings. The van der Waals surface area contributed by atoms with Gasteiger partial charge < -0.3 is 4.57 Å². The van der Waals surface area contributed by atoms with E-state index in [0.29, 0.717) is 15.1 Å². The lowest BCUT2D eigenvalue weighted by Crippen LogP contribution is -2.21. The molecule has 0 radical (unpaired) electrons. The molecule has 1 aromatic carbocycles. The lowest BCUT2D eigenvalue weighted by molar-refractivity contribution is 0.595. The second kappa shape index (κ2) is 5.55. The predicted octanol–water partition coefficient (Wildman–Crippen LogP) is 4.21. The van der Waals surface area contributed by atoms with E-state index in [1.807, 2.05) is 0 Å². The molecule has 1 aromatic heterocycles. The van der Waals surface area contributed by atoms with Gasteiger partial charge >= 0.3 is 0 Å². The van der Waals surface area contributed by atoms with Crippen LogP contribution in [0.15, 0.2) is 44.2 Å². The first-order valence-corrected chi connectivity index (χ1v) is 6.93. The van der Waals surface area contributed by atoms with Crippen molar-refractivity contribution in [3.05, 3.63) is 66.2 Å². The molecule has 2 aromatic rings. The summed E-state index contributed by atoms with van der Waals surface area (Å²) < 4.78 is 16.2. The Morgan fingerprint density at radius 2 is 2.00 bits per heavy atom. The second-order valence-electron chi connectivity index (χ2n) is 3.68. The normalized spacial score (nSPS) is 10.7. The molecule has 6 heteroatoms. The van der Waals surface area contributed by atoms with Crippen LogP contribution in [0.5, 0.6) is 0 Å². The molecule has 0 fully saturated rings. The van der Waals surface area contributed by atoms with E-state index in [9.17, 15) is 9.18 Å². The van der Waals surface area contributed by atoms with Crippen LogP contribution in [-0.4, -0.2) is 4.57 Å². The van der Waals surface area contributed by atoms with Gasteiger partial charge in [-0.2, -0.15) is 0 Å². The van der Waals surface area contributed by atoms with Gasteiger partial charge in [0.1, 0.15) is 5.82 Å². The summed E-state index contributed by atoms with van der Waals surface area (Å²) >= 11 is 12.1. The van der Waals surface area contributed by atoms with Crippen LogP contribution in [0, 0.1) is 5.82 Å². The van der Waals surface area contributed by atoms with Gasteiger partial charge in [-0.05, 0) is 50.1 Å². The van der Waals surface area contributed by atoms with E-state index in [1.54, 1.807) is 24.4 Å². The van der Waals surface area contributed by atoms with Gasteiger partial charge in [-0.3, -0.25) is 4.79 Å². The predicted molar refractivity (Wildman–Crippen MR) is 76.6 cm³/mol. The van der Waals surface area contributed by atoms with Crippen LogP contribution in [0.3, 0.4) is 0 Å². The van der Waals surface area contributed by atoms with Crippen LogP contribution in [0.4, 0.5) is 4.39 Å². The zero-order valence-corrected chi connectivity index (χ0v) is 12.9. The monoisotopic (exact) mass is 393 g/mol. The molecule has 0 spiro atoms. The van der Waals surface area contributed by atoms with Crippen LogP contribution < -0.4 is 5.56 Å². The van der Waals surface area contributed by atoms with E-state index < -0.39 is 5.82 Å². The van der Waals surface area contributed by atoms with Crippen molar-refractivity contribution in [1.29, 1.82) is 0 Å². The van der Waals surface area contributed by atoms with Crippen LogP contribution in [0.1, 0.15) is 5.56 Å². The summed E-state index contributed by atoms with van der Waals surface area (Å²) in [6, 6.07) is 6.04. The highest BCUT2D eigenvalue weighted by Gasteiger charge is 2.07. The molecule has 0 saturated carbocycles. The van der Waals surface area contributed by atoms with Crippen molar-refractivity contribution in [3.8, 4) is 0 Å². The lowest BCUT2D eigenvalue weighted by atomic mass is 10.2. The molecule has 2 nitrogen and oxygen atoms in total. The van der Waals surface area contributed by atoms with E-state index >= 15 is 0 Å². The Bertz CT molecular complexity index is 657. The van der Waals surface area contributed by atoms with Gasteiger partial charge in [0.25, 0.3) is 5.56 Å². The minimum atomic E-state index is -0.425. The maximum Gasteiger partial charge on any atom is 0.265 e. The van der Waals surface area contributed by atoms with Gasteiger partial charge in [-0.25, -0.2) is 4.39 Å². The summed E-state index contributed by atoms with van der Waals surface area (Å²) in [7, 11) is 0. The smallest absolute Gasteiger partial charge is 0.265 e. The largest absolute Gasteiger partial charge is 0.309 e. The SMILES string of the molecule is O=c1c(Br)cc(Br)cn1Cc1ccc(Cl)cc1F. The van der Waals surface area contributed by atoms with Gasteiger partial charge in [0, 0.05) is 21.3 Å². The third-order valence-corrected chi connectivity index (χ3v) is 3.60. The summed E-state index contributed by atoms with van der Waals surface area (Å²) in [5, 5.41) is 0.332. The molecular formula is C12H7Br2ClFNO. The maximum atomic E-state index is 13.6. The number of pyridine rings is 1. The van der Waals surface area contributed by atoms with Crippen LogP contribution in [0.25, 0.3) is 0 Å². The fourth-order valence-electron chi connectivity index (χ4n) is 1.52. The number of halogens is 4. The Morgan fingerprint density at radius 3 is 2.67 bits per heavy atom. The fourth-order valence-corrected chi connectivity index (χ4v) is 2.93. The van der Waals surface area contributed by atoms with Crippen LogP contribution >= 0.6 is 43.5 Å². The van der Waals surface area contributed by atoms with E-state index in [1.165, 1.54) is 10.6 Å². The van der Waals surface area contributed by atoms with Crippen molar-refractivity contribution < 1.29 is 4.39 Å². The highest BCUT2D eigenvalue weighted by molar-refractivity contribution is 9.11. The second-order valence-corrected chi connectivity index (χ2v) is 5.88. The van der Waals surface area contributed by atoms with Gasteiger partial charge in [0.05, 0.1) is 11.0 Å². The number of nitrogens with zero attached hydrogens (tertiary/aromatic N) is 1. The molecule has 0 saturated heterocycles. The molecule has 2 rings (SSSR count). The Balaban J connectivity index is 2.43. The van der Waals surface area contributed by atoms with E-state index in [2.05, 4.69) is 31.9 Å². The number of aromatic nitrogens is 1. The number of benzene rings is 1. The molecule has 1 heterocycles. The summed E-state index contributed by atoms with van der Waals surface area (Å²) in [5.41, 5.74) is 0.194. The molecule has 0 unspecified atom stereocenters. The summed E-state index contributed by atoms with van der Waals surface area (Å²) in [6.45, 7) is 0.153. The first-order valence-electron chi connectivity index (χ1n) is 4.97. The Kier molecular flexibility index (Phi) is 4.25. The molecule has 0 atom stereocenters. The third kappa shape index (κ3) is 3.02. The lowest BCUT2D eigenvalue weighted by Gasteiger charge is -2.08. The average Bonchev–Trinajstić information content (AvgIpc) is 2.29. The molecule has 18 heavy (non-hydrogen) atoms. The quantitative estimate of drug-likeness (QED) is 0.747. The van der Waals surface area contributed by atoms with Crippen LogP contribution in [-0.2, 0) is 6.54 Å². The number of hydrogen-bond acceptors (Lipinski definition) is 1. The minimum absolute atomic E-state index is 0.153. The standard InChI is InChI=1S/C12H7Br2ClFNO/c13-8-3-10(14)12(18)17(6-8)5-7-1-2-9(15)4-11(7)16/h1-4,6H,5H2. The minimum Gasteiger partial charge on any atom is -0.309 e. The van der Waals surface area contributed by atoms with Crippen molar-refractivity contribution in [2.24, 2.45) is 0 Å². The van der Waals surface area contributed by atoms with Crippen molar-refractivity contribution >= 4 is 43.5 Å². The topological polar surface area (TPSA) is 22.0 Å². The maximum absolute atomic E-state index is 13.6. The molecule has 0 N–H and O–H groups in total. The Morgan fingerprint density at radius 1 is 1.28 bits per heavy atom. The highest BCUT2D eigenvalue weighted by Crippen LogP contribution is 2.17. The molecule has 0 aliphatic carbocycles. The van der Waals surface area contributed by atoms with Gasteiger partial charge in [0.15, 0.2) is 0 Å². The van der Waals surface area contributed by atoms with Crippen molar-refractivity contribution in [2.45, 2.75) is 6.54 Å². The summed E-state index contributed by atoms with van der Waals surface area (Å²) in [4.78, 5) is 11.9. The molecular weight excluding hydrogens is 388 g/mol. The first-order chi connectivity index (χ1) is 8.47. The van der Waals surface area contributed by atoms with Crippen molar-refractivity contribution in [2.75, 3.05) is 0 Å². The molecule has 94 valence electrons. The van der Waals surface area contributed by atoms with Crippen molar-refractivity contribution in [1.82, 2.24) is 4.57 Å². The van der Waals surface area contributed by atoms with Crippen LogP contribution in [0.2, 0.25) is 5.02 Å². The number of hydrogen-bond donors (Lipinski definition) is 0. The average molecular weight is 395 g/mol. The van der Waals surface area contributed by atoms with E-state index in [4.69, 9.17) is 11.6 Å². The number of rotatable bonds is 2. The van der Waals surface area contributed by atoms with Gasteiger partial charge in [-0.15, -0.1) is 0 Å². The third-order valence-electron chi connectivity index (χ3n) is 2.36.